The second kappa shape index (κ2) is 8.55. The minimum Gasteiger partial charge on any atom is -0.486 e. The number of ether oxygens (including phenoxy) is 3. The Labute approximate surface area is 196 Å². The van der Waals surface area contributed by atoms with Crippen molar-refractivity contribution in [3.8, 4) is 23.0 Å². The first-order chi connectivity index (χ1) is 15.8. The second-order valence-corrected chi connectivity index (χ2v) is 10.4. The molecule has 0 aliphatic carbocycles. The summed E-state index contributed by atoms with van der Waals surface area (Å²) >= 11 is 6.35. The van der Waals surface area contributed by atoms with Crippen LogP contribution in [0.15, 0.2) is 56.8 Å². The van der Waals surface area contributed by atoms with Gasteiger partial charge in [0.05, 0.1) is 27.7 Å². The maximum atomic E-state index is 13.8. The van der Waals surface area contributed by atoms with Gasteiger partial charge in [0, 0.05) is 19.2 Å². The van der Waals surface area contributed by atoms with E-state index in [-0.39, 0.29) is 33.9 Å². The molecule has 0 spiro atoms. The van der Waals surface area contributed by atoms with E-state index in [9.17, 15) is 8.42 Å². The van der Waals surface area contributed by atoms with Gasteiger partial charge in [-0.15, -0.1) is 0 Å². The Hall–Kier alpha value is -2.75. The van der Waals surface area contributed by atoms with E-state index in [2.05, 4.69) is 4.98 Å². The van der Waals surface area contributed by atoms with Gasteiger partial charge in [0.25, 0.3) is 0 Å². The molecule has 0 amide bonds. The van der Waals surface area contributed by atoms with Gasteiger partial charge in [-0.2, -0.15) is 4.98 Å². The van der Waals surface area contributed by atoms with E-state index in [0.29, 0.717) is 48.4 Å². The van der Waals surface area contributed by atoms with Crippen molar-refractivity contribution in [1.29, 1.82) is 0 Å². The average Bonchev–Trinajstić information content (AvgIpc) is 3.25. The highest BCUT2D eigenvalue weighted by Gasteiger charge is 2.35. The van der Waals surface area contributed by atoms with E-state index < -0.39 is 9.84 Å². The van der Waals surface area contributed by atoms with Gasteiger partial charge in [-0.25, -0.2) is 8.42 Å². The number of rotatable bonds is 4. The topological polar surface area (TPSA) is 91.1 Å². The van der Waals surface area contributed by atoms with Crippen LogP contribution in [0.2, 0.25) is 5.02 Å². The second-order valence-electron chi connectivity index (χ2n) is 8.08. The summed E-state index contributed by atoms with van der Waals surface area (Å²) in [6.45, 7) is 5.56. The first kappa shape index (κ1) is 22.1. The molecule has 2 aromatic carbocycles. The van der Waals surface area contributed by atoms with E-state index in [0.717, 1.165) is 0 Å². The van der Waals surface area contributed by atoms with Crippen LogP contribution >= 0.6 is 11.6 Å². The molecular formula is C23H23ClN2O6S. The number of hydrogen-bond donors (Lipinski definition) is 0. The van der Waals surface area contributed by atoms with Crippen LogP contribution in [0.3, 0.4) is 0 Å². The summed E-state index contributed by atoms with van der Waals surface area (Å²) in [5.74, 6) is 1.20. The van der Waals surface area contributed by atoms with E-state index in [1.54, 1.807) is 30.3 Å². The summed E-state index contributed by atoms with van der Waals surface area (Å²) in [5.41, 5.74) is 0.512. The van der Waals surface area contributed by atoms with Gasteiger partial charge in [0.15, 0.2) is 11.5 Å². The molecule has 8 nitrogen and oxygen atoms in total. The number of fused-ring (bicyclic) bond motifs is 1. The molecule has 0 saturated carbocycles. The molecule has 2 unspecified atom stereocenters. The lowest BCUT2D eigenvalue weighted by molar-refractivity contribution is -0.00657. The van der Waals surface area contributed by atoms with Crippen LogP contribution in [0.5, 0.6) is 11.5 Å². The van der Waals surface area contributed by atoms with Gasteiger partial charge in [-0.3, -0.25) is 0 Å². The quantitative estimate of drug-likeness (QED) is 0.537. The molecule has 5 rings (SSSR count). The number of hydrogen-bond acceptors (Lipinski definition) is 8. The lowest BCUT2D eigenvalue weighted by atomic mass is 10.2. The highest BCUT2D eigenvalue weighted by atomic mass is 35.5. The average molecular weight is 491 g/mol. The van der Waals surface area contributed by atoms with Gasteiger partial charge in [-0.05, 0) is 38.1 Å². The number of oxazole rings is 1. The molecule has 0 bridgehead atoms. The summed E-state index contributed by atoms with van der Waals surface area (Å²) in [6, 6.07) is 11.6. The third-order valence-corrected chi connectivity index (χ3v) is 7.45. The molecule has 174 valence electrons. The Morgan fingerprint density at radius 2 is 1.70 bits per heavy atom. The summed E-state index contributed by atoms with van der Waals surface area (Å²) in [7, 11) is -4.05. The predicted molar refractivity (Wildman–Crippen MR) is 122 cm³/mol. The van der Waals surface area contributed by atoms with Crippen molar-refractivity contribution >= 4 is 27.3 Å². The van der Waals surface area contributed by atoms with Crippen LogP contribution in [-0.2, 0) is 14.6 Å². The van der Waals surface area contributed by atoms with Crippen molar-refractivity contribution < 1.29 is 27.0 Å². The lowest BCUT2D eigenvalue weighted by Gasteiger charge is -2.35. The summed E-state index contributed by atoms with van der Waals surface area (Å²) in [5, 5.41) is 0.243. The Kier molecular flexibility index (Phi) is 5.72. The SMILES string of the molecule is CC1CN(c2oc(-c3ccccc3Cl)nc2S(=O)(=O)c2ccc3c(c2)OCCO3)CC(C)O1. The molecule has 2 atom stereocenters. The van der Waals surface area contributed by atoms with Gasteiger partial charge in [0.2, 0.25) is 26.6 Å². The van der Waals surface area contributed by atoms with Crippen molar-refractivity contribution in [3.05, 3.63) is 47.5 Å². The monoisotopic (exact) mass is 490 g/mol. The number of sulfone groups is 1. The summed E-state index contributed by atoms with van der Waals surface area (Å²) in [6.07, 6.45) is -0.208. The van der Waals surface area contributed by atoms with Gasteiger partial charge in [0.1, 0.15) is 13.2 Å². The number of halogens is 1. The Morgan fingerprint density at radius 3 is 2.42 bits per heavy atom. The van der Waals surface area contributed by atoms with Crippen LogP contribution in [0, 0.1) is 0 Å². The minimum atomic E-state index is -4.05. The number of benzene rings is 2. The van der Waals surface area contributed by atoms with Crippen LogP contribution in [0.4, 0.5) is 5.88 Å². The van der Waals surface area contributed by atoms with Crippen molar-refractivity contribution in [2.45, 2.75) is 36.0 Å². The maximum absolute atomic E-state index is 13.8. The maximum Gasteiger partial charge on any atom is 0.236 e. The molecule has 10 heteroatoms. The highest BCUT2D eigenvalue weighted by Crippen LogP contribution is 2.40. The smallest absolute Gasteiger partial charge is 0.236 e. The van der Waals surface area contributed by atoms with Crippen molar-refractivity contribution in [3.63, 3.8) is 0 Å². The van der Waals surface area contributed by atoms with E-state index in [1.807, 2.05) is 18.7 Å². The van der Waals surface area contributed by atoms with E-state index in [1.165, 1.54) is 12.1 Å². The van der Waals surface area contributed by atoms with Crippen molar-refractivity contribution in [1.82, 2.24) is 4.98 Å². The third kappa shape index (κ3) is 4.16. The van der Waals surface area contributed by atoms with Crippen LogP contribution in [0.1, 0.15) is 13.8 Å². The molecule has 33 heavy (non-hydrogen) atoms. The summed E-state index contributed by atoms with van der Waals surface area (Å²) < 4.78 is 50.5. The fourth-order valence-electron chi connectivity index (χ4n) is 4.07. The zero-order chi connectivity index (χ0) is 23.2. The molecular weight excluding hydrogens is 468 g/mol. The number of nitrogens with zero attached hydrogens (tertiary/aromatic N) is 2. The van der Waals surface area contributed by atoms with Crippen LogP contribution in [-0.4, -0.2) is 51.9 Å². The zero-order valence-corrected chi connectivity index (χ0v) is 19.7. The first-order valence-corrected chi connectivity index (χ1v) is 12.5. The standard InChI is InChI=1S/C23H23ClN2O6S/c1-14-12-26(13-15(2)31-14)23-22(25-21(32-23)17-5-3-4-6-18(17)24)33(27,28)16-7-8-19-20(11-16)30-10-9-29-19/h3-8,11,14-15H,9-10,12-13H2,1-2H3. The van der Waals surface area contributed by atoms with Gasteiger partial charge < -0.3 is 23.5 Å². The number of morpholine rings is 1. The molecule has 1 fully saturated rings. The number of anilines is 1. The van der Waals surface area contributed by atoms with Crippen LogP contribution < -0.4 is 14.4 Å². The molecule has 2 aliphatic rings. The minimum absolute atomic E-state index is 0.0429. The zero-order valence-electron chi connectivity index (χ0n) is 18.2. The fourth-order valence-corrected chi connectivity index (χ4v) is 5.62. The van der Waals surface area contributed by atoms with Crippen molar-refractivity contribution in [2.75, 3.05) is 31.2 Å². The summed E-state index contributed by atoms with van der Waals surface area (Å²) in [4.78, 5) is 6.33. The Morgan fingerprint density at radius 1 is 1.00 bits per heavy atom. The predicted octanol–water partition coefficient (Wildman–Crippen LogP) is 4.21. The molecule has 0 N–H and O–H groups in total. The Balaban J connectivity index is 1.64. The number of aromatic nitrogens is 1. The molecule has 3 heterocycles. The van der Waals surface area contributed by atoms with Gasteiger partial charge >= 0.3 is 0 Å². The third-order valence-electron chi connectivity index (χ3n) is 5.47. The van der Waals surface area contributed by atoms with Crippen molar-refractivity contribution in [2.24, 2.45) is 0 Å². The normalized spacial score (nSPS) is 20.6. The molecule has 1 saturated heterocycles. The fraction of sp³-hybridized carbons (Fsp3) is 0.348. The van der Waals surface area contributed by atoms with E-state index >= 15 is 0 Å². The van der Waals surface area contributed by atoms with E-state index in [4.69, 9.17) is 30.2 Å². The molecule has 2 aliphatic heterocycles. The Bertz CT molecular complexity index is 1280. The molecule has 0 radical (unpaired) electrons. The van der Waals surface area contributed by atoms with Gasteiger partial charge in [-0.1, -0.05) is 23.7 Å². The largest absolute Gasteiger partial charge is 0.486 e. The highest BCUT2D eigenvalue weighted by molar-refractivity contribution is 7.91. The first-order valence-electron chi connectivity index (χ1n) is 10.6. The molecule has 1 aromatic heterocycles. The van der Waals surface area contributed by atoms with Crippen LogP contribution in [0.25, 0.3) is 11.5 Å². The molecule has 3 aromatic rings. The lowest BCUT2D eigenvalue weighted by Crippen LogP contribution is -2.45.